The number of amides is 4. The van der Waals surface area contributed by atoms with E-state index in [9.17, 15) is 24.3 Å². The number of aromatic nitrogens is 3. The maximum Gasteiger partial charge on any atom is 0.287 e. The second kappa shape index (κ2) is 14.1. The molecule has 4 atom stereocenters. The quantitative estimate of drug-likeness (QED) is 0.238. The van der Waals surface area contributed by atoms with Crippen LogP contribution in [-0.2, 0) is 34.3 Å². The highest BCUT2D eigenvalue weighted by atomic mass is 16.7. The molecule has 0 radical (unpaired) electrons. The Morgan fingerprint density at radius 1 is 1.08 bits per heavy atom. The van der Waals surface area contributed by atoms with Crippen LogP contribution in [0.2, 0.25) is 0 Å². The van der Waals surface area contributed by atoms with E-state index in [1.165, 1.54) is 20.8 Å². The Bertz CT molecular complexity index is 1630. The van der Waals surface area contributed by atoms with E-state index in [1.54, 1.807) is 38.1 Å². The average Bonchev–Trinajstić information content (AvgIpc) is 3.84. The molecule has 0 spiro atoms. The lowest BCUT2D eigenvalue weighted by atomic mass is 9.84. The minimum Gasteiger partial charge on any atom is -0.404 e. The van der Waals surface area contributed by atoms with Gasteiger partial charge in [-0.15, -0.1) is 10.2 Å². The molecule has 3 aliphatic heterocycles. The van der Waals surface area contributed by atoms with Crippen molar-refractivity contribution in [1.82, 2.24) is 30.3 Å². The molecule has 6 rings (SSSR count). The molecular weight excluding hydrogens is 648 g/mol. The van der Waals surface area contributed by atoms with Crippen LogP contribution in [0.25, 0.3) is 0 Å². The predicted octanol–water partition coefficient (Wildman–Crippen LogP) is 0.542. The molecule has 6 N–H and O–H groups in total. The van der Waals surface area contributed by atoms with Crippen LogP contribution in [0.15, 0.2) is 30.5 Å². The van der Waals surface area contributed by atoms with Crippen molar-refractivity contribution in [2.24, 2.45) is 17.4 Å². The summed E-state index contributed by atoms with van der Waals surface area (Å²) in [6.07, 6.45) is 6.80. The molecule has 1 aromatic heterocycles. The van der Waals surface area contributed by atoms with Gasteiger partial charge in [-0.1, -0.05) is 55.5 Å². The van der Waals surface area contributed by atoms with Crippen LogP contribution < -0.4 is 21.6 Å². The normalized spacial score (nSPS) is 24.6. The zero-order chi connectivity index (χ0) is 35.8. The Morgan fingerprint density at radius 2 is 1.78 bits per heavy atom. The fraction of sp³-hybridized carbons (Fsp3) is 0.618. The second-order valence-electron chi connectivity index (χ2n) is 14.4. The van der Waals surface area contributed by atoms with Crippen molar-refractivity contribution >= 4 is 29.4 Å². The van der Waals surface area contributed by atoms with Gasteiger partial charge in [0, 0.05) is 44.6 Å². The number of nitrogens with zero attached hydrogens (tertiary/aromatic N) is 5. The number of hydroxylamine groups is 2. The van der Waals surface area contributed by atoms with Gasteiger partial charge in [0.2, 0.25) is 23.5 Å². The summed E-state index contributed by atoms with van der Waals surface area (Å²) in [6.45, 7) is 3.40. The Morgan fingerprint density at radius 3 is 2.44 bits per heavy atom. The maximum atomic E-state index is 15.1. The van der Waals surface area contributed by atoms with Gasteiger partial charge in [0.25, 0.3) is 5.91 Å². The molecular formula is C34H46N8O8. The molecule has 16 nitrogen and oxygen atoms in total. The second-order valence-corrected chi connectivity index (χ2v) is 14.4. The summed E-state index contributed by atoms with van der Waals surface area (Å²) < 4.78 is 6.94. The fourth-order valence-electron chi connectivity index (χ4n) is 7.98. The Kier molecular flexibility index (Phi) is 9.97. The van der Waals surface area contributed by atoms with Crippen molar-refractivity contribution in [3.8, 4) is 5.75 Å². The van der Waals surface area contributed by atoms with Crippen molar-refractivity contribution < 1.29 is 38.7 Å². The number of Topliss-reactive ketones (excluding diaryl/α,β-unsaturated/α-hetero) is 1. The van der Waals surface area contributed by atoms with Crippen LogP contribution >= 0.6 is 0 Å². The number of ether oxygens (including phenoxy) is 1. The monoisotopic (exact) mass is 694 g/mol. The summed E-state index contributed by atoms with van der Waals surface area (Å²) in [7, 11) is 0. The summed E-state index contributed by atoms with van der Waals surface area (Å²) in [5.74, 6) is -3.37. The number of likely N-dealkylation sites (tertiary alicyclic amines) is 1. The molecule has 0 bridgehead atoms. The van der Waals surface area contributed by atoms with Crippen LogP contribution in [0.1, 0.15) is 95.0 Å². The molecule has 2 aromatic rings. The van der Waals surface area contributed by atoms with Gasteiger partial charge in [-0.25, -0.2) is 4.68 Å². The Balaban J connectivity index is 1.38. The third kappa shape index (κ3) is 6.83. The zero-order valence-corrected chi connectivity index (χ0v) is 28.5. The first kappa shape index (κ1) is 35.4. The number of rotatable bonds is 11. The number of nitrogens with two attached hydrogens (primary N) is 2. The van der Waals surface area contributed by atoms with Gasteiger partial charge in [0.05, 0.1) is 17.9 Å². The number of primary amides is 2. The first-order chi connectivity index (χ1) is 23.8. The van der Waals surface area contributed by atoms with Crippen LogP contribution in [0.4, 0.5) is 0 Å². The van der Waals surface area contributed by atoms with Gasteiger partial charge in [0.15, 0.2) is 11.8 Å². The van der Waals surface area contributed by atoms with Crippen molar-refractivity contribution in [2.45, 2.75) is 107 Å². The predicted molar refractivity (Wildman–Crippen MR) is 175 cm³/mol. The van der Waals surface area contributed by atoms with E-state index < -0.39 is 64.7 Å². The molecule has 4 aliphatic rings. The highest BCUT2D eigenvalue weighted by Crippen LogP contribution is 2.42. The first-order valence-electron chi connectivity index (χ1n) is 17.3. The zero-order valence-electron chi connectivity index (χ0n) is 28.5. The number of nitrogens with one attached hydrogen (secondary N) is 1. The third-order valence-corrected chi connectivity index (χ3v) is 10.6. The number of ketones is 1. The van der Waals surface area contributed by atoms with Crippen molar-refractivity contribution in [3.63, 3.8) is 0 Å². The average molecular weight is 695 g/mol. The van der Waals surface area contributed by atoms with E-state index in [-0.39, 0.29) is 44.9 Å². The number of hydrogen-bond acceptors (Lipinski definition) is 11. The lowest BCUT2D eigenvalue weighted by molar-refractivity contribution is -0.167. The van der Waals surface area contributed by atoms with E-state index >= 15 is 4.79 Å². The first-order valence-corrected chi connectivity index (χ1v) is 17.3. The number of para-hydroxylation sites is 1. The molecule has 270 valence electrons. The molecule has 50 heavy (non-hydrogen) atoms. The molecule has 2 saturated heterocycles. The molecule has 16 heteroatoms. The minimum atomic E-state index is -1.60. The summed E-state index contributed by atoms with van der Waals surface area (Å²) >= 11 is 0. The number of fused-ring (bicyclic) bond motifs is 1. The van der Waals surface area contributed by atoms with Gasteiger partial charge in [-0.3, -0.25) is 24.0 Å². The van der Waals surface area contributed by atoms with Gasteiger partial charge >= 0.3 is 0 Å². The highest BCUT2D eigenvalue weighted by molar-refractivity contribution is 6.39. The molecule has 1 aliphatic carbocycles. The van der Waals surface area contributed by atoms with Crippen molar-refractivity contribution in [1.29, 1.82) is 0 Å². The van der Waals surface area contributed by atoms with E-state index in [2.05, 4.69) is 15.6 Å². The molecule has 4 heterocycles. The third-order valence-electron chi connectivity index (χ3n) is 10.6. The van der Waals surface area contributed by atoms with Gasteiger partial charge in [-0.2, -0.15) is 0 Å². The van der Waals surface area contributed by atoms with Gasteiger partial charge < -0.3 is 36.4 Å². The smallest absolute Gasteiger partial charge is 0.287 e. The fourth-order valence-corrected chi connectivity index (χ4v) is 7.98. The molecule has 1 saturated carbocycles. The lowest BCUT2D eigenvalue weighted by Crippen LogP contribution is -2.64. The lowest BCUT2D eigenvalue weighted by Gasteiger charge is -2.38. The molecule has 1 unspecified atom stereocenters. The topological polar surface area (TPSA) is 225 Å². The van der Waals surface area contributed by atoms with E-state index in [0.29, 0.717) is 23.4 Å². The summed E-state index contributed by atoms with van der Waals surface area (Å²) in [5.41, 5.74) is 9.36. The van der Waals surface area contributed by atoms with Gasteiger partial charge in [0.1, 0.15) is 23.2 Å². The highest BCUT2D eigenvalue weighted by Gasteiger charge is 2.52. The molecule has 1 aromatic carbocycles. The van der Waals surface area contributed by atoms with Crippen LogP contribution in [0.3, 0.4) is 0 Å². The van der Waals surface area contributed by atoms with Crippen LogP contribution in [-0.4, -0.2) is 96.9 Å². The van der Waals surface area contributed by atoms with Crippen molar-refractivity contribution in [3.05, 3.63) is 41.7 Å². The standard InChI is InChI=1S/C34H46N8O8/c1-33(2,48)26-18-37-39-41(26)21-17-23(31(46)38-34(28(43)30(36)45)12-14-49-15-13-34)40(19-21)32(47)24(16-20-8-4-3-5-9-20)42-27(29(35)44)22-10-6-7-11-25(22)50-42/h6-7,10-11,18,20-21,23-24,27,48H,3-5,8-9,12-17,19H2,1-2H3,(H2,35,44)(H2,36,45)(H,38,46)/t21-,23-,24+,27?/m0/s1. The largest absolute Gasteiger partial charge is 0.404 e. The number of aliphatic hydroxyl groups is 1. The van der Waals surface area contributed by atoms with E-state index in [4.69, 9.17) is 21.0 Å². The van der Waals surface area contributed by atoms with Crippen LogP contribution in [0, 0.1) is 5.92 Å². The molecule has 4 amide bonds. The van der Waals surface area contributed by atoms with Crippen LogP contribution in [0.5, 0.6) is 5.75 Å². The number of benzene rings is 1. The maximum absolute atomic E-state index is 15.1. The summed E-state index contributed by atoms with van der Waals surface area (Å²) in [5, 5.41) is 23.3. The number of carbonyl (C=O) groups excluding carboxylic acids is 5. The molecule has 3 fully saturated rings. The Labute approximate surface area is 289 Å². The van der Waals surface area contributed by atoms with E-state index in [0.717, 1.165) is 32.1 Å². The van der Waals surface area contributed by atoms with Gasteiger partial charge in [-0.05, 0) is 32.3 Å². The number of carbonyl (C=O) groups is 5. The minimum absolute atomic E-state index is 0.00751. The van der Waals surface area contributed by atoms with Crippen molar-refractivity contribution in [2.75, 3.05) is 19.8 Å². The van der Waals surface area contributed by atoms with E-state index in [1.807, 2.05) is 0 Å². The summed E-state index contributed by atoms with van der Waals surface area (Å²) in [6, 6.07) is 3.18. The Hall–Kier alpha value is -4.41. The number of hydrogen-bond donors (Lipinski definition) is 4. The SMILES string of the molecule is CC(C)(O)c1cnnn1[C@H]1C[C@@H](C(=O)NC2(C(=O)C(N)=O)CCOCC2)N(C(=O)[C@@H](CC2CCCCC2)N2Oc3ccccc3C2C(N)=O)C1. The summed E-state index contributed by atoms with van der Waals surface area (Å²) in [4.78, 5) is 75.4.